The van der Waals surface area contributed by atoms with Crippen molar-refractivity contribution in [2.75, 3.05) is 0 Å². The smallest absolute Gasteiger partial charge is 0.187 e. The zero-order valence-electron chi connectivity index (χ0n) is 11.6. The van der Waals surface area contributed by atoms with Crippen molar-refractivity contribution in [2.24, 2.45) is 0 Å². The van der Waals surface area contributed by atoms with E-state index in [1.165, 1.54) is 11.9 Å². The van der Waals surface area contributed by atoms with Crippen LogP contribution >= 0.6 is 0 Å². The fraction of sp³-hybridized carbons (Fsp3) is 0.167. The maximum atomic E-state index is 7.05. The van der Waals surface area contributed by atoms with Crippen LogP contribution in [0.2, 0.25) is 0 Å². The third kappa shape index (κ3) is 3.04. The van der Waals surface area contributed by atoms with Gasteiger partial charge in [0, 0.05) is 0 Å². The van der Waals surface area contributed by atoms with Gasteiger partial charge in [-0.3, -0.25) is 0 Å². The Balaban J connectivity index is 0.00000176. The van der Waals surface area contributed by atoms with Crippen molar-refractivity contribution in [1.82, 2.24) is 14.8 Å². The highest BCUT2D eigenvalue weighted by molar-refractivity contribution is 5.47. The summed E-state index contributed by atoms with van der Waals surface area (Å²) in [6.07, 6.45) is 3.25. The highest BCUT2D eigenvalue weighted by Crippen LogP contribution is 2.27. The van der Waals surface area contributed by atoms with Crippen molar-refractivity contribution in [3.05, 3.63) is 89.3 Å². The summed E-state index contributed by atoms with van der Waals surface area (Å²) in [6, 6.07) is 16.0. The minimum absolute atomic E-state index is 0. The van der Waals surface area contributed by atoms with Gasteiger partial charge in [0.1, 0.15) is 18.7 Å². The first-order valence-electron chi connectivity index (χ1n) is 6.66. The molecule has 22 heavy (non-hydrogen) atoms. The van der Waals surface area contributed by atoms with E-state index in [1.807, 2.05) is 28.9 Å². The Morgan fingerprint density at radius 1 is 1.00 bits per heavy atom. The first kappa shape index (κ1) is 15.5. The summed E-state index contributed by atoms with van der Waals surface area (Å²) in [7, 11) is 0. The predicted octanol–water partition coefficient (Wildman–Crippen LogP) is 4.41. The molecule has 1 heterocycles. The van der Waals surface area contributed by atoms with Crippen LogP contribution in [0.4, 0.5) is 5.69 Å². The van der Waals surface area contributed by atoms with E-state index < -0.39 is 0 Å². The first-order chi connectivity index (χ1) is 10.3. The number of aryl methyl sites for hydroxylation is 1. The summed E-state index contributed by atoms with van der Waals surface area (Å²) in [6.45, 7) is 9.11. The molecule has 0 saturated heterocycles. The van der Waals surface area contributed by atoms with Crippen molar-refractivity contribution in [2.45, 2.75) is 20.4 Å². The number of hydrogen-bond acceptors (Lipinski definition) is 2. The summed E-state index contributed by atoms with van der Waals surface area (Å²) >= 11 is 0. The first-order valence-corrected chi connectivity index (χ1v) is 6.66. The van der Waals surface area contributed by atoms with Crippen molar-refractivity contribution in [3.8, 4) is 0 Å². The Morgan fingerprint density at radius 2 is 1.59 bits per heavy atom. The Hall–Kier alpha value is -2.93. The molecule has 1 unspecified atom stereocenters. The van der Waals surface area contributed by atoms with Crippen LogP contribution in [-0.2, 0) is 0 Å². The second-order valence-corrected chi connectivity index (χ2v) is 4.89. The lowest BCUT2D eigenvalue weighted by Gasteiger charge is -2.18. The van der Waals surface area contributed by atoms with Gasteiger partial charge in [-0.1, -0.05) is 61.5 Å². The third-order valence-electron chi connectivity index (χ3n) is 3.43. The monoisotopic (exact) mass is 290 g/mol. The van der Waals surface area contributed by atoms with Crippen LogP contribution in [0, 0.1) is 13.5 Å². The second kappa shape index (κ2) is 6.68. The minimum Gasteiger partial charge on any atom is -0.241 e. The zero-order chi connectivity index (χ0) is 14.7. The van der Waals surface area contributed by atoms with Gasteiger partial charge < -0.3 is 0 Å². The quantitative estimate of drug-likeness (QED) is 0.670. The van der Waals surface area contributed by atoms with E-state index in [1.54, 1.807) is 6.33 Å². The van der Waals surface area contributed by atoms with E-state index in [9.17, 15) is 0 Å². The largest absolute Gasteiger partial charge is 0.241 e. The predicted molar refractivity (Wildman–Crippen MR) is 87.9 cm³/mol. The van der Waals surface area contributed by atoms with Crippen molar-refractivity contribution in [1.29, 1.82) is 0 Å². The molecule has 1 atom stereocenters. The Kier molecular flexibility index (Phi) is 4.70. The van der Waals surface area contributed by atoms with Gasteiger partial charge >= 0.3 is 0 Å². The molecule has 0 aliphatic heterocycles. The molecule has 3 rings (SSSR count). The van der Waals surface area contributed by atoms with Crippen molar-refractivity contribution < 1.29 is 0 Å². The molecule has 0 spiro atoms. The lowest BCUT2D eigenvalue weighted by molar-refractivity contribution is 0.594. The normalized spacial score (nSPS) is 11.3. The lowest BCUT2D eigenvalue weighted by Crippen LogP contribution is -2.12. The van der Waals surface area contributed by atoms with Gasteiger partial charge in [0.15, 0.2) is 5.69 Å². The molecule has 0 aliphatic carbocycles. The molecular weight excluding hydrogens is 272 g/mol. The summed E-state index contributed by atoms with van der Waals surface area (Å²) < 4.78 is 1.83. The topological polar surface area (TPSA) is 35.1 Å². The van der Waals surface area contributed by atoms with Crippen LogP contribution in [0.15, 0.2) is 61.2 Å². The maximum Gasteiger partial charge on any atom is 0.187 e. The Bertz CT molecular complexity index is 750. The van der Waals surface area contributed by atoms with Crippen LogP contribution in [-0.4, -0.2) is 14.8 Å². The average Bonchev–Trinajstić information content (AvgIpc) is 3.04. The van der Waals surface area contributed by atoms with Crippen molar-refractivity contribution >= 4 is 5.69 Å². The van der Waals surface area contributed by atoms with Gasteiger partial charge in [0.05, 0.1) is 6.57 Å². The summed E-state index contributed by atoms with van der Waals surface area (Å²) in [4.78, 5) is 7.48. The molecular formula is C18H18N4. The highest BCUT2D eigenvalue weighted by atomic mass is 15.3. The van der Waals surface area contributed by atoms with E-state index in [4.69, 9.17) is 6.57 Å². The lowest BCUT2D eigenvalue weighted by atomic mass is 9.98. The van der Waals surface area contributed by atoms with Gasteiger partial charge in [0.25, 0.3) is 0 Å². The Morgan fingerprint density at radius 3 is 2.09 bits per heavy atom. The van der Waals surface area contributed by atoms with E-state index >= 15 is 0 Å². The van der Waals surface area contributed by atoms with Crippen LogP contribution in [0.25, 0.3) is 4.85 Å². The second-order valence-electron chi connectivity index (χ2n) is 4.89. The molecule has 0 N–H and O–H groups in total. The number of nitrogens with zero attached hydrogens (tertiary/aromatic N) is 4. The number of hydrogen-bond donors (Lipinski definition) is 0. The maximum absolute atomic E-state index is 7.05. The summed E-state index contributed by atoms with van der Waals surface area (Å²) in [5, 5.41) is 4.28. The third-order valence-corrected chi connectivity index (χ3v) is 3.43. The number of aromatic nitrogens is 3. The van der Waals surface area contributed by atoms with Gasteiger partial charge in [-0.15, -0.1) is 0 Å². The molecule has 0 amide bonds. The Labute approximate surface area is 130 Å². The van der Waals surface area contributed by atoms with Crippen LogP contribution in [0.1, 0.15) is 30.2 Å². The van der Waals surface area contributed by atoms with Gasteiger partial charge in [-0.2, -0.15) is 5.10 Å². The summed E-state index contributed by atoms with van der Waals surface area (Å²) in [5.74, 6) is 0. The molecule has 0 radical (unpaired) electrons. The molecule has 2 aromatic carbocycles. The van der Waals surface area contributed by atoms with E-state index in [0.717, 1.165) is 11.1 Å². The molecule has 4 heteroatoms. The highest BCUT2D eigenvalue weighted by Gasteiger charge is 2.16. The molecule has 0 bridgehead atoms. The molecule has 4 nitrogen and oxygen atoms in total. The fourth-order valence-corrected chi connectivity index (χ4v) is 2.33. The standard InChI is InChI=1S/C17H14N4.CH4/c1-13-3-5-14(6-4-13)17(21-12-19-11-20-21)15-7-9-16(18-2)10-8-15;/h3-12,17H,1H3;1H4. The fourth-order valence-electron chi connectivity index (χ4n) is 2.33. The molecule has 110 valence electrons. The zero-order valence-corrected chi connectivity index (χ0v) is 11.6. The molecule has 0 aliphatic rings. The molecule has 0 fully saturated rings. The summed E-state index contributed by atoms with van der Waals surface area (Å²) in [5.41, 5.74) is 4.08. The van der Waals surface area contributed by atoms with E-state index in [0.29, 0.717) is 5.69 Å². The number of benzene rings is 2. The van der Waals surface area contributed by atoms with E-state index in [2.05, 4.69) is 46.1 Å². The molecule has 3 aromatic rings. The SMILES string of the molecule is C.[C-]#[N+]c1ccc(C(c2ccc(C)cc2)n2cncn2)cc1. The van der Waals surface area contributed by atoms with Crippen LogP contribution in [0.3, 0.4) is 0 Å². The minimum atomic E-state index is -0.0344. The van der Waals surface area contributed by atoms with Crippen molar-refractivity contribution in [3.63, 3.8) is 0 Å². The van der Waals surface area contributed by atoms with Gasteiger partial charge in [-0.25, -0.2) is 14.5 Å². The average molecular weight is 290 g/mol. The van der Waals surface area contributed by atoms with Crippen LogP contribution in [0.5, 0.6) is 0 Å². The van der Waals surface area contributed by atoms with Gasteiger partial charge in [-0.05, 0) is 18.1 Å². The molecule has 0 saturated carbocycles. The van der Waals surface area contributed by atoms with Crippen LogP contribution < -0.4 is 0 Å². The number of rotatable bonds is 3. The van der Waals surface area contributed by atoms with Gasteiger partial charge in [0.2, 0.25) is 0 Å². The van der Waals surface area contributed by atoms with E-state index in [-0.39, 0.29) is 13.5 Å². The molecule has 1 aromatic heterocycles.